The first kappa shape index (κ1) is 15.3. The Morgan fingerprint density at radius 1 is 1.44 bits per heavy atom. The molecule has 3 nitrogen and oxygen atoms in total. The van der Waals surface area contributed by atoms with Crippen molar-refractivity contribution in [3.63, 3.8) is 0 Å². The molecule has 6 heteroatoms. The molecule has 0 bridgehead atoms. The predicted molar refractivity (Wildman–Crippen MR) is 63.2 cm³/mol. The first-order valence-electron chi connectivity index (χ1n) is 6.35. The van der Waals surface area contributed by atoms with Gasteiger partial charge in [-0.05, 0) is 39.7 Å². The van der Waals surface area contributed by atoms with Crippen LogP contribution in [0.2, 0.25) is 0 Å². The number of carbonyl (C=O) groups excluding carboxylic acids is 1. The number of amides is 1. The summed E-state index contributed by atoms with van der Waals surface area (Å²) in [5.74, 6) is -0.421. The first-order valence-corrected chi connectivity index (χ1v) is 6.35. The van der Waals surface area contributed by atoms with Crippen molar-refractivity contribution in [2.45, 2.75) is 57.8 Å². The zero-order chi connectivity index (χ0) is 14.0. The maximum Gasteiger partial charge on any atom is 0.406 e. The Kier molecular flexibility index (Phi) is 4.64. The molecule has 1 saturated heterocycles. The summed E-state index contributed by atoms with van der Waals surface area (Å²) >= 11 is 0. The average Bonchev–Trinajstić information content (AvgIpc) is 2.73. The fourth-order valence-corrected chi connectivity index (χ4v) is 2.40. The molecule has 1 rings (SSSR count). The van der Waals surface area contributed by atoms with Crippen LogP contribution < -0.4 is 5.32 Å². The van der Waals surface area contributed by atoms with Gasteiger partial charge in [0, 0.05) is 6.04 Å². The third kappa shape index (κ3) is 3.37. The maximum absolute atomic E-state index is 12.5. The van der Waals surface area contributed by atoms with Gasteiger partial charge < -0.3 is 10.2 Å². The van der Waals surface area contributed by atoms with Crippen LogP contribution in [0.5, 0.6) is 0 Å². The highest BCUT2D eigenvalue weighted by Crippen LogP contribution is 2.28. The summed E-state index contributed by atoms with van der Waals surface area (Å²) in [7, 11) is 0. The molecule has 1 aliphatic rings. The van der Waals surface area contributed by atoms with Crippen molar-refractivity contribution in [3.8, 4) is 0 Å². The van der Waals surface area contributed by atoms with Gasteiger partial charge in [0.25, 0.3) is 0 Å². The molecule has 0 saturated carbocycles. The van der Waals surface area contributed by atoms with E-state index in [4.69, 9.17) is 0 Å². The molecular weight excluding hydrogens is 245 g/mol. The Balaban J connectivity index is 2.88. The van der Waals surface area contributed by atoms with Crippen molar-refractivity contribution >= 4 is 5.91 Å². The van der Waals surface area contributed by atoms with E-state index >= 15 is 0 Å². The number of carbonyl (C=O) groups is 1. The number of nitrogens with zero attached hydrogens (tertiary/aromatic N) is 1. The van der Waals surface area contributed by atoms with Crippen LogP contribution in [-0.4, -0.2) is 41.7 Å². The molecule has 0 aromatic heterocycles. The monoisotopic (exact) mass is 266 g/mol. The second kappa shape index (κ2) is 5.47. The van der Waals surface area contributed by atoms with Gasteiger partial charge in [0.1, 0.15) is 6.54 Å². The summed E-state index contributed by atoms with van der Waals surface area (Å²) in [4.78, 5) is 13.3. The SMILES string of the molecule is CCC1(C(=O)N(CC(F)(F)F)C(C)C)CCCN1. The van der Waals surface area contributed by atoms with Gasteiger partial charge in [-0.25, -0.2) is 0 Å². The number of hydrogen-bond donors (Lipinski definition) is 1. The largest absolute Gasteiger partial charge is 0.406 e. The van der Waals surface area contributed by atoms with E-state index in [1.54, 1.807) is 13.8 Å². The van der Waals surface area contributed by atoms with Gasteiger partial charge in [-0.15, -0.1) is 0 Å². The number of halogens is 3. The molecule has 0 radical (unpaired) electrons. The summed E-state index contributed by atoms with van der Waals surface area (Å²) < 4.78 is 37.6. The van der Waals surface area contributed by atoms with Gasteiger partial charge in [0.05, 0.1) is 5.54 Å². The van der Waals surface area contributed by atoms with Crippen LogP contribution in [0.4, 0.5) is 13.2 Å². The minimum atomic E-state index is -4.35. The van der Waals surface area contributed by atoms with Crippen molar-refractivity contribution in [2.24, 2.45) is 0 Å². The van der Waals surface area contributed by atoms with Crippen molar-refractivity contribution in [1.82, 2.24) is 10.2 Å². The highest BCUT2D eigenvalue weighted by atomic mass is 19.4. The zero-order valence-electron chi connectivity index (χ0n) is 11.1. The Labute approximate surface area is 106 Å². The highest BCUT2D eigenvalue weighted by Gasteiger charge is 2.45. The van der Waals surface area contributed by atoms with E-state index < -0.39 is 30.2 Å². The van der Waals surface area contributed by atoms with Gasteiger partial charge in [0.2, 0.25) is 5.91 Å². The van der Waals surface area contributed by atoms with Gasteiger partial charge in [-0.1, -0.05) is 6.92 Å². The Morgan fingerprint density at radius 3 is 2.39 bits per heavy atom. The van der Waals surface area contributed by atoms with E-state index in [0.29, 0.717) is 19.4 Å². The van der Waals surface area contributed by atoms with Crippen LogP contribution in [0.3, 0.4) is 0 Å². The topological polar surface area (TPSA) is 32.3 Å². The molecule has 18 heavy (non-hydrogen) atoms. The zero-order valence-corrected chi connectivity index (χ0v) is 11.1. The molecule has 1 aliphatic heterocycles. The fraction of sp³-hybridized carbons (Fsp3) is 0.917. The maximum atomic E-state index is 12.5. The van der Waals surface area contributed by atoms with Crippen molar-refractivity contribution in [2.75, 3.05) is 13.1 Å². The molecule has 1 N–H and O–H groups in total. The molecule has 0 spiro atoms. The molecule has 1 heterocycles. The number of hydrogen-bond acceptors (Lipinski definition) is 2. The van der Waals surface area contributed by atoms with E-state index in [2.05, 4.69) is 5.32 Å². The molecular formula is C12H21F3N2O. The van der Waals surface area contributed by atoms with Crippen molar-refractivity contribution in [1.29, 1.82) is 0 Å². The van der Waals surface area contributed by atoms with Crippen molar-refractivity contribution in [3.05, 3.63) is 0 Å². The van der Waals surface area contributed by atoms with E-state index in [9.17, 15) is 18.0 Å². The van der Waals surface area contributed by atoms with E-state index in [-0.39, 0.29) is 0 Å². The van der Waals surface area contributed by atoms with Gasteiger partial charge in [0.15, 0.2) is 0 Å². The first-order chi connectivity index (χ1) is 8.22. The third-order valence-corrected chi connectivity index (χ3v) is 3.49. The van der Waals surface area contributed by atoms with E-state index in [1.807, 2.05) is 6.92 Å². The molecule has 1 amide bonds. The van der Waals surface area contributed by atoms with Crippen LogP contribution in [0.1, 0.15) is 40.0 Å². The van der Waals surface area contributed by atoms with Crippen LogP contribution in [0.25, 0.3) is 0 Å². The number of rotatable bonds is 4. The smallest absolute Gasteiger partial charge is 0.330 e. The lowest BCUT2D eigenvalue weighted by Crippen LogP contribution is -2.58. The second-order valence-corrected chi connectivity index (χ2v) is 5.11. The molecule has 106 valence electrons. The van der Waals surface area contributed by atoms with Crippen LogP contribution in [0, 0.1) is 0 Å². The predicted octanol–water partition coefficient (Wildman–Crippen LogP) is 2.32. The molecule has 1 unspecified atom stereocenters. The van der Waals surface area contributed by atoms with Gasteiger partial charge in [-0.2, -0.15) is 13.2 Å². The fourth-order valence-electron chi connectivity index (χ4n) is 2.40. The summed E-state index contributed by atoms with van der Waals surface area (Å²) in [6.07, 6.45) is -2.39. The minimum absolute atomic E-state index is 0.421. The van der Waals surface area contributed by atoms with Gasteiger partial charge in [-0.3, -0.25) is 4.79 Å². The lowest BCUT2D eigenvalue weighted by molar-refractivity contribution is -0.168. The minimum Gasteiger partial charge on any atom is -0.330 e. The quantitative estimate of drug-likeness (QED) is 0.847. The molecule has 1 atom stereocenters. The lowest BCUT2D eigenvalue weighted by atomic mass is 9.92. The van der Waals surface area contributed by atoms with E-state index in [1.165, 1.54) is 0 Å². The summed E-state index contributed by atoms with van der Waals surface area (Å²) in [5, 5.41) is 3.08. The molecule has 0 aliphatic carbocycles. The van der Waals surface area contributed by atoms with Gasteiger partial charge >= 0.3 is 6.18 Å². The lowest BCUT2D eigenvalue weighted by Gasteiger charge is -2.36. The molecule has 0 aromatic rings. The highest BCUT2D eigenvalue weighted by molar-refractivity contribution is 5.87. The molecule has 0 aromatic carbocycles. The van der Waals surface area contributed by atoms with Crippen LogP contribution in [-0.2, 0) is 4.79 Å². The molecule has 1 fully saturated rings. The standard InChI is InChI=1S/C12H21F3N2O/c1-4-11(6-5-7-16-11)10(18)17(9(2)3)8-12(13,14)15/h9,16H,4-8H2,1-3H3. The Hall–Kier alpha value is -0.780. The second-order valence-electron chi connectivity index (χ2n) is 5.11. The van der Waals surface area contributed by atoms with Crippen LogP contribution in [0.15, 0.2) is 0 Å². The average molecular weight is 266 g/mol. The summed E-state index contributed by atoms with van der Waals surface area (Å²) in [6.45, 7) is 4.58. The van der Waals surface area contributed by atoms with E-state index in [0.717, 1.165) is 11.3 Å². The normalized spacial score (nSPS) is 24.6. The number of alkyl halides is 3. The van der Waals surface area contributed by atoms with Crippen LogP contribution >= 0.6 is 0 Å². The Morgan fingerprint density at radius 2 is 2.06 bits per heavy atom. The summed E-state index contributed by atoms with van der Waals surface area (Å²) in [5.41, 5.74) is -0.796. The summed E-state index contributed by atoms with van der Waals surface area (Å²) in [6, 6.07) is -0.454. The number of nitrogens with one attached hydrogen (secondary N) is 1. The van der Waals surface area contributed by atoms with Crippen molar-refractivity contribution < 1.29 is 18.0 Å². The third-order valence-electron chi connectivity index (χ3n) is 3.49. The Bertz CT molecular complexity index is 296.